The van der Waals surface area contributed by atoms with Crippen LogP contribution in [0.3, 0.4) is 0 Å². The van der Waals surface area contributed by atoms with Crippen molar-refractivity contribution in [1.82, 2.24) is 15.3 Å². The molecule has 1 amide bonds. The van der Waals surface area contributed by atoms with Gasteiger partial charge in [-0.15, -0.1) is 11.3 Å². The Labute approximate surface area is 212 Å². The molecule has 0 spiro atoms. The highest BCUT2D eigenvalue weighted by atomic mass is 32.1. The van der Waals surface area contributed by atoms with Crippen molar-refractivity contribution >= 4 is 39.5 Å². The Bertz CT molecular complexity index is 1470. The van der Waals surface area contributed by atoms with E-state index in [9.17, 15) is 13.6 Å². The Morgan fingerprint density at radius 3 is 2.56 bits per heavy atom. The van der Waals surface area contributed by atoms with Crippen LogP contribution in [0.2, 0.25) is 0 Å². The predicted molar refractivity (Wildman–Crippen MR) is 142 cm³/mol. The lowest BCUT2D eigenvalue weighted by Crippen LogP contribution is -2.18. The van der Waals surface area contributed by atoms with Crippen LogP contribution >= 0.6 is 11.3 Å². The predicted octanol–water partition coefficient (Wildman–Crippen LogP) is 7.25. The lowest BCUT2D eigenvalue weighted by molar-refractivity contribution is -0.0127. The molecule has 2 N–H and O–H groups in total. The Morgan fingerprint density at radius 1 is 1.19 bits per heavy atom. The second-order valence-corrected chi connectivity index (χ2v) is 9.74. The SMILES string of the molecule is C=C(C)c1oc2cc(NCC)c(-c3cncc(-c4nc(C(F)(F)CC)c(C)s4)c3)cc2c1C(=O)NC. The zero-order valence-electron chi connectivity index (χ0n) is 20.9. The number of hydrogen-bond donors (Lipinski definition) is 2. The minimum atomic E-state index is -2.98. The number of furan rings is 1. The molecule has 0 saturated heterocycles. The zero-order chi connectivity index (χ0) is 26.2. The van der Waals surface area contributed by atoms with E-state index in [0.717, 1.165) is 16.8 Å². The molecule has 3 heterocycles. The number of nitrogens with one attached hydrogen (secondary N) is 2. The summed E-state index contributed by atoms with van der Waals surface area (Å²) in [5.41, 5.74) is 4.40. The van der Waals surface area contributed by atoms with Crippen LogP contribution < -0.4 is 10.6 Å². The molecule has 0 unspecified atom stereocenters. The standard InChI is InChI=1S/C27H28F2N4O2S/c1-7-27(28,29)24-15(5)36-26(33-24)17-9-16(12-31-13-17)18-10-19-21(11-20(18)32-8-2)35-23(14(3)4)22(19)25(34)30-6/h9-13,32H,3,7-8H2,1-2,4-6H3,(H,30,34). The fourth-order valence-corrected chi connectivity index (χ4v) is 5.05. The Kier molecular flexibility index (Phi) is 6.95. The molecule has 0 bridgehead atoms. The molecule has 0 aliphatic heterocycles. The van der Waals surface area contributed by atoms with Crippen LogP contribution in [0.15, 0.2) is 41.6 Å². The number of rotatable bonds is 8. The van der Waals surface area contributed by atoms with Gasteiger partial charge in [-0.3, -0.25) is 9.78 Å². The van der Waals surface area contributed by atoms with Crippen molar-refractivity contribution < 1.29 is 18.0 Å². The maximum atomic E-state index is 14.4. The molecule has 0 aliphatic rings. The molecule has 188 valence electrons. The molecule has 0 saturated carbocycles. The number of thiazole rings is 1. The van der Waals surface area contributed by atoms with Gasteiger partial charge in [-0.1, -0.05) is 13.5 Å². The van der Waals surface area contributed by atoms with Gasteiger partial charge in [0.1, 0.15) is 22.0 Å². The molecule has 36 heavy (non-hydrogen) atoms. The van der Waals surface area contributed by atoms with Gasteiger partial charge in [0, 0.05) is 71.1 Å². The van der Waals surface area contributed by atoms with Crippen LogP contribution in [0.25, 0.3) is 38.2 Å². The number of hydrogen-bond acceptors (Lipinski definition) is 6. The summed E-state index contributed by atoms with van der Waals surface area (Å²) in [6, 6.07) is 5.62. The van der Waals surface area contributed by atoms with E-state index in [1.165, 1.54) is 18.3 Å². The minimum Gasteiger partial charge on any atom is -0.456 e. The van der Waals surface area contributed by atoms with Crippen molar-refractivity contribution in [2.75, 3.05) is 18.9 Å². The largest absolute Gasteiger partial charge is 0.456 e. The van der Waals surface area contributed by atoms with E-state index in [2.05, 4.69) is 27.2 Å². The number of anilines is 1. The molecular formula is C27H28F2N4O2S. The van der Waals surface area contributed by atoms with E-state index in [1.807, 2.05) is 25.1 Å². The first kappa shape index (κ1) is 25.5. The van der Waals surface area contributed by atoms with Crippen LogP contribution in [-0.2, 0) is 5.92 Å². The molecule has 9 heteroatoms. The van der Waals surface area contributed by atoms with Crippen molar-refractivity contribution in [3.63, 3.8) is 0 Å². The fraction of sp³-hybridized carbons (Fsp3) is 0.296. The first-order valence-electron chi connectivity index (χ1n) is 11.6. The van der Waals surface area contributed by atoms with E-state index in [1.54, 1.807) is 33.3 Å². The number of fused-ring (bicyclic) bond motifs is 1. The average Bonchev–Trinajstić information content (AvgIpc) is 3.44. The van der Waals surface area contributed by atoms with E-state index >= 15 is 0 Å². The van der Waals surface area contributed by atoms with E-state index in [4.69, 9.17) is 4.42 Å². The van der Waals surface area contributed by atoms with Gasteiger partial charge in [0.15, 0.2) is 0 Å². The molecule has 0 radical (unpaired) electrons. The van der Waals surface area contributed by atoms with E-state index < -0.39 is 5.92 Å². The summed E-state index contributed by atoms with van der Waals surface area (Å²) >= 11 is 1.22. The van der Waals surface area contributed by atoms with Gasteiger partial charge < -0.3 is 15.1 Å². The molecular weight excluding hydrogens is 482 g/mol. The van der Waals surface area contributed by atoms with Crippen molar-refractivity contribution in [3.05, 3.63) is 59.1 Å². The van der Waals surface area contributed by atoms with Crippen molar-refractivity contribution in [3.8, 4) is 21.7 Å². The summed E-state index contributed by atoms with van der Waals surface area (Å²) in [6.07, 6.45) is 3.01. The maximum Gasteiger partial charge on any atom is 0.290 e. The van der Waals surface area contributed by atoms with Gasteiger partial charge in [0.2, 0.25) is 0 Å². The summed E-state index contributed by atoms with van der Waals surface area (Å²) in [7, 11) is 1.57. The van der Waals surface area contributed by atoms with Gasteiger partial charge in [-0.2, -0.15) is 8.78 Å². The highest BCUT2D eigenvalue weighted by Gasteiger charge is 2.34. The lowest BCUT2D eigenvalue weighted by Gasteiger charge is -2.12. The minimum absolute atomic E-state index is 0.189. The second-order valence-electron chi connectivity index (χ2n) is 8.53. The molecule has 3 aromatic heterocycles. The van der Waals surface area contributed by atoms with Crippen LogP contribution in [-0.4, -0.2) is 29.5 Å². The number of allylic oxidation sites excluding steroid dienone is 1. The van der Waals surface area contributed by atoms with Gasteiger partial charge in [-0.05, 0) is 38.5 Å². The number of aromatic nitrogens is 2. The Morgan fingerprint density at radius 2 is 1.92 bits per heavy atom. The molecule has 0 atom stereocenters. The maximum absolute atomic E-state index is 14.4. The summed E-state index contributed by atoms with van der Waals surface area (Å²) < 4.78 is 34.8. The number of amides is 1. The highest BCUT2D eigenvalue weighted by Crippen LogP contribution is 2.41. The molecule has 4 rings (SSSR count). The monoisotopic (exact) mass is 510 g/mol. The molecule has 6 nitrogen and oxygen atoms in total. The number of benzene rings is 1. The van der Waals surface area contributed by atoms with Crippen molar-refractivity contribution in [2.24, 2.45) is 0 Å². The van der Waals surface area contributed by atoms with Gasteiger partial charge >= 0.3 is 0 Å². The molecule has 0 aliphatic carbocycles. The summed E-state index contributed by atoms with van der Waals surface area (Å²) in [5, 5.41) is 7.14. The topological polar surface area (TPSA) is 80.1 Å². The first-order valence-corrected chi connectivity index (χ1v) is 12.5. The van der Waals surface area contributed by atoms with Crippen LogP contribution in [0.4, 0.5) is 14.5 Å². The van der Waals surface area contributed by atoms with Gasteiger partial charge in [0.05, 0.1) is 5.56 Å². The van der Waals surface area contributed by atoms with Crippen molar-refractivity contribution in [2.45, 2.75) is 40.0 Å². The number of carbonyl (C=O) groups is 1. The molecule has 1 aromatic carbocycles. The van der Waals surface area contributed by atoms with Crippen LogP contribution in [0.5, 0.6) is 0 Å². The molecule has 0 fully saturated rings. The third-order valence-electron chi connectivity index (χ3n) is 5.92. The number of carbonyl (C=O) groups excluding carboxylic acids is 1. The first-order chi connectivity index (χ1) is 17.1. The number of alkyl halides is 2. The number of nitrogens with zero attached hydrogens (tertiary/aromatic N) is 2. The quantitative estimate of drug-likeness (QED) is 0.261. The molecule has 4 aromatic rings. The Balaban J connectivity index is 1.90. The van der Waals surface area contributed by atoms with E-state index in [0.29, 0.717) is 49.9 Å². The van der Waals surface area contributed by atoms with Crippen molar-refractivity contribution in [1.29, 1.82) is 0 Å². The summed E-state index contributed by atoms with van der Waals surface area (Å²) in [4.78, 5) is 21.9. The van der Waals surface area contributed by atoms with Crippen LogP contribution in [0.1, 0.15) is 53.9 Å². The highest BCUT2D eigenvalue weighted by molar-refractivity contribution is 7.15. The smallest absolute Gasteiger partial charge is 0.290 e. The van der Waals surface area contributed by atoms with E-state index in [-0.39, 0.29) is 18.0 Å². The Hall–Kier alpha value is -3.59. The number of halogens is 2. The van der Waals surface area contributed by atoms with Crippen LogP contribution in [0, 0.1) is 6.92 Å². The summed E-state index contributed by atoms with van der Waals surface area (Å²) in [5.74, 6) is -2.83. The third-order valence-corrected chi connectivity index (χ3v) is 6.94. The average molecular weight is 511 g/mol. The third kappa shape index (κ3) is 4.51. The summed E-state index contributed by atoms with van der Waals surface area (Å²) in [6.45, 7) is 11.5. The number of aryl methyl sites for hydroxylation is 1. The zero-order valence-corrected chi connectivity index (χ0v) is 21.7. The van der Waals surface area contributed by atoms with Gasteiger partial charge in [0.25, 0.3) is 11.8 Å². The second kappa shape index (κ2) is 9.81. The lowest BCUT2D eigenvalue weighted by atomic mass is 9.99. The normalized spacial score (nSPS) is 11.6. The van der Waals surface area contributed by atoms with Gasteiger partial charge in [-0.25, -0.2) is 4.98 Å². The number of pyridine rings is 1. The fourth-order valence-electron chi connectivity index (χ4n) is 4.10.